The van der Waals surface area contributed by atoms with Gasteiger partial charge in [0, 0.05) is 12.7 Å². The zero-order valence-electron chi connectivity index (χ0n) is 9.00. The highest BCUT2D eigenvalue weighted by molar-refractivity contribution is 8.00. The summed E-state index contributed by atoms with van der Waals surface area (Å²) in [7, 11) is 0. The van der Waals surface area contributed by atoms with Gasteiger partial charge in [0.15, 0.2) is 5.37 Å². The van der Waals surface area contributed by atoms with Crippen LogP contribution in [0.4, 0.5) is 0 Å². The topological polar surface area (TPSA) is 83.9 Å². The minimum Gasteiger partial charge on any atom is -0.480 e. The number of aliphatic carboxylic acids is 1. The molecule has 6 nitrogen and oxygen atoms in total. The van der Waals surface area contributed by atoms with E-state index in [1.54, 1.807) is 6.92 Å². The number of esters is 1. The summed E-state index contributed by atoms with van der Waals surface area (Å²) >= 11 is 1.11. The van der Waals surface area contributed by atoms with Crippen LogP contribution in [0, 0.1) is 0 Å². The van der Waals surface area contributed by atoms with E-state index in [9.17, 15) is 14.4 Å². The molecule has 1 fully saturated rings. The SMILES string of the molecule is CCOC(=O)C1SCC(C(=O)O)N1C(C)=O. The third-order valence-electron chi connectivity index (χ3n) is 2.14. The fourth-order valence-corrected chi connectivity index (χ4v) is 2.80. The fraction of sp³-hybridized carbons (Fsp3) is 0.667. The van der Waals surface area contributed by atoms with Gasteiger partial charge in [-0.15, -0.1) is 11.8 Å². The van der Waals surface area contributed by atoms with Crippen LogP contribution in [0.3, 0.4) is 0 Å². The zero-order valence-corrected chi connectivity index (χ0v) is 9.82. The maximum Gasteiger partial charge on any atom is 0.339 e. The number of carboxylic acid groups (broad SMARTS) is 1. The van der Waals surface area contributed by atoms with Gasteiger partial charge in [-0.1, -0.05) is 0 Å². The van der Waals surface area contributed by atoms with Gasteiger partial charge in [-0.05, 0) is 6.92 Å². The van der Waals surface area contributed by atoms with Crippen LogP contribution in [0.15, 0.2) is 0 Å². The number of carbonyl (C=O) groups is 3. The normalized spacial score (nSPS) is 24.2. The van der Waals surface area contributed by atoms with Crippen LogP contribution >= 0.6 is 11.8 Å². The number of hydrogen-bond donors (Lipinski definition) is 1. The van der Waals surface area contributed by atoms with E-state index in [1.807, 2.05) is 0 Å². The van der Waals surface area contributed by atoms with E-state index in [0.29, 0.717) is 0 Å². The van der Waals surface area contributed by atoms with E-state index in [2.05, 4.69) is 0 Å². The molecule has 1 N–H and O–H groups in total. The summed E-state index contributed by atoms with van der Waals surface area (Å²) in [6.45, 7) is 3.11. The Hall–Kier alpha value is -1.24. The zero-order chi connectivity index (χ0) is 12.3. The van der Waals surface area contributed by atoms with Crippen molar-refractivity contribution in [2.45, 2.75) is 25.3 Å². The molecule has 0 aromatic carbocycles. The molecule has 1 aliphatic rings. The predicted octanol–water partition coefficient (Wildman–Crippen LogP) is -0.0759. The van der Waals surface area contributed by atoms with Crippen molar-refractivity contribution in [3.63, 3.8) is 0 Å². The van der Waals surface area contributed by atoms with Crippen molar-refractivity contribution >= 4 is 29.6 Å². The van der Waals surface area contributed by atoms with Crippen LogP contribution in [0.2, 0.25) is 0 Å². The standard InChI is InChI=1S/C9H13NO5S/c1-3-15-9(14)7-10(5(2)11)6(4-16-7)8(12)13/h6-7H,3-4H2,1-2H3,(H,12,13). The monoisotopic (exact) mass is 247 g/mol. The number of ether oxygens (including phenoxy) is 1. The van der Waals surface area contributed by atoms with Crippen LogP contribution in [-0.4, -0.2) is 51.6 Å². The van der Waals surface area contributed by atoms with Gasteiger partial charge >= 0.3 is 11.9 Å². The largest absolute Gasteiger partial charge is 0.480 e. The molecule has 1 saturated heterocycles. The number of thioether (sulfide) groups is 1. The second kappa shape index (κ2) is 5.20. The molecule has 0 bridgehead atoms. The average Bonchev–Trinajstić information content (AvgIpc) is 2.61. The van der Waals surface area contributed by atoms with Crippen LogP contribution in [0.25, 0.3) is 0 Å². The van der Waals surface area contributed by atoms with E-state index in [-0.39, 0.29) is 12.4 Å². The van der Waals surface area contributed by atoms with Gasteiger partial charge in [-0.25, -0.2) is 9.59 Å². The first-order valence-corrected chi connectivity index (χ1v) is 5.83. The fourth-order valence-electron chi connectivity index (χ4n) is 1.48. The third kappa shape index (κ3) is 2.46. The predicted molar refractivity (Wildman–Crippen MR) is 56.8 cm³/mol. The number of rotatable bonds is 3. The quantitative estimate of drug-likeness (QED) is 0.702. The molecule has 1 aliphatic heterocycles. The first-order chi connectivity index (χ1) is 7.49. The molecule has 0 saturated carbocycles. The minimum absolute atomic E-state index is 0.207. The van der Waals surface area contributed by atoms with Crippen LogP contribution in [-0.2, 0) is 19.1 Å². The molecule has 0 radical (unpaired) electrons. The van der Waals surface area contributed by atoms with Gasteiger partial charge < -0.3 is 14.7 Å². The molecule has 1 amide bonds. The molecule has 2 atom stereocenters. The van der Waals surface area contributed by atoms with Crippen molar-refractivity contribution < 1.29 is 24.2 Å². The summed E-state index contributed by atoms with van der Waals surface area (Å²) in [5.74, 6) is -1.89. The summed E-state index contributed by atoms with van der Waals surface area (Å²) < 4.78 is 4.79. The molecule has 0 aromatic rings. The molecule has 0 aliphatic carbocycles. The third-order valence-corrected chi connectivity index (χ3v) is 3.38. The molecular weight excluding hydrogens is 234 g/mol. The molecule has 0 spiro atoms. The Kier molecular flexibility index (Phi) is 4.17. The Balaban J connectivity index is 2.83. The van der Waals surface area contributed by atoms with Gasteiger partial charge in [0.2, 0.25) is 5.91 Å². The molecule has 2 unspecified atom stereocenters. The van der Waals surface area contributed by atoms with Gasteiger partial charge in [-0.2, -0.15) is 0 Å². The van der Waals surface area contributed by atoms with Gasteiger partial charge in [0.1, 0.15) is 6.04 Å². The van der Waals surface area contributed by atoms with E-state index in [4.69, 9.17) is 9.84 Å². The summed E-state index contributed by atoms with van der Waals surface area (Å²) in [4.78, 5) is 34.8. The maximum atomic E-state index is 11.5. The lowest BCUT2D eigenvalue weighted by Crippen LogP contribution is -2.47. The smallest absolute Gasteiger partial charge is 0.339 e. The van der Waals surface area contributed by atoms with Crippen molar-refractivity contribution in [3.05, 3.63) is 0 Å². The lowest BCUT2D eigenvalue weighted by Gasteiger charge is -2.24. The van der Waals surface area contributed by atoms with E-state index in [0.717, 1.165) is 16.7 Å². The highest BCUT2D eigenvalue weighted by Gasteiger charge is 2.44. The average molecular weight is 247 g/mol. The molecule has 1 heterocycles. The van der Waals surface area contributed by atoms with Crippen molar-refractivity contribution in [1.29, 1.82) is 0 Å². The number of amides is 1. The van der Waals surface area contributed by atoms with E-state index >= 15 is 0 Å². The number of nitrogens with zero attached hydrogens (tertiary/aromatic N) is 1. The molecular formula is C9H13NO5S. The van der Waals surface area contributed by atoms with Crippen LogP contribution in [0.5, 0.6) is 0 Å². The van der Waals surface area contributed by atoms with Crippen LogP contribution in [0.1, 0.15) is 13.8 Å². The van der Waals surface area contributed by atoms with Gasteiger partial charge in [0.05, 0.1) is 6.61 Å². The van der Waals surface area contributed by atoms with Crippen LogP contribution < -0.4 is 0 Å². The summed E-state index contributed by atoms with van der Waals surface area (Å²) in [5.41, 5.74) is 0. The van der Waals surface area contributed by atoms with Crippen molar-refractivity contribution in [1.82, 2.24) is 4.90 Å². The lowest BCUT2D eigenvalue weighted by atomic mass is 10.3. The Labute approximate surface area is 96.9 Å². The second-order valence-electron chi connectivity index (χ2n) is 3.22. The highest BCUT2D eigenvalue weighted by atomic mass is 32.2. The van der Waals surface area contributed by atoms with E-state index in [1.165, 1.54) is 6.92 Å². The van der Waals surface area contributed by atoms with Gasteiger partial charge in [-0.3, -0.25) is 4.79 Å². The minimum atomic E-state index is -1.10. The van der Waals surface area contributed by atoms with Crippen molar-refractivity contribution in [3.8, 4) is 0 Å². The number of hydrogen-bond acceptors (Lipinski definition) is 5. The van der Waals surface area contributed by atoms with Crippen molar-refractivity contribution in [2.75, 3.05) is 12.4 Å². The van der Waals surface area contributed by atoms with E-state index < -0.39 is 29.3 Å². The lowest BCUT2D eigenvalue weighted by molar-refractivity contribution is -0.155. The number of carbonyl (C=O) groups excluding carboxylic acids is 2. The number of carboxylic acids is 1. The first-order valence-electron chi connectivity index (χ1n) is 4.79. The Bertz CT molecular complexity index is 319. The Morgan fingerprint density at radius 1 is 1.50 bits per heavy atom. The molecule has 0 aromatic heterocycles. The maximum absolute atomic E-state index is 11.5. The Morgan fingerprint density at radius 3 is 2.56 bits per heavy atom. The molecule has 7 heteroatoms. The molecule has 90 valence electrons. The van der Waals surface area contributed by atoms with Crippen molar-refractivity contribution in [2.24, 2.45) is 0 Å². The summed E-state index contributed by atoms with van der Waals surface area (Å²) in [6.07, 6.45) is 0. The van der Waals surface area contributed by atoms with Gasteiger partial charge in [0.25, 0.3) is 0 Å². The first kappa shape index (κ1) is 12.8. The molecule has 1 rings (SSSR count). The Morgan fingerprint density at radius 2 is 2.12 bits per heavy atom. The molecule has 16 heavy (non-hydrogen) atoms. The summed E-state index contributed by atoms with van der Waals surface area (Å²) in [6, 6.07) is -0.947. The second-order valence-corrected chi connectivity index (χ2v) is 4.33. The highest BCUT2D eigenvalue weighted by Crippen LogP contribution is 2.30. The summed E-state index contributed by atoms with van der Waals surface area (Å²) in [5, 5.41) is 8.07.